The van der Waals surface area contributed by atoms with Crippen LogP contribution < -0.4 is 5.32 Å². The Bertz CT molecular complexity index is 209. The predicted molar refractivity (Wildman–Crippen MR) is 57.7 cm³/mol. The Hall–Kier alpha value is -0.770. The summed E-state index contributed by atoms with van der Waals surface area (Å²) in [4.78, 5) is 13.6. The summed E-state index contributed by atoms with van der Waals surface area (Å²) in [5.41, 5.74) is 0. The number of likely N-dealkylation sites (tertiary alicyclic amines) is 1. The Morgan fingerprint density at radius 3 is 2.80 bits per heavy atom. The van der Waals surface area contributed by atoms with Crippen molar-refractivity contribution in [2.45, 2.75) is 25.7 Å². The molecule has 1 atom stereocenters. The van der Waals surface area contributed by atoms with Crippen molar-refractivity contribution >= 4 is 6.03 Å². The van der Waals surface area contributed by atoms with E-state index < -0.39 is 0 Å². The minimum Gasteiger partial charge on any atom is -0.381 e. The number of amides is 2. The molecule has 15 heavy (non-hydrogen) atoms. The zero-order valence-corrected chi connectivity index (χ0v) is 9.21. The number of rotatable bonds is 2. The molecule has 0 aromatic carbocycles. The van der Waals surface area contributed by atoms with Gasteiger partial charge in [0, 0.05) is 26.2 Å². The van der Waals surface area contributed by atoms with Crippen LogP contribution in [0.15, 0.2) is 0 Å². The molecule has 0 saturated carbocycles. The second kappa shape index (κ2) is 5.35. The molecule has 2 aliphatic rings. The maximum atomic E-state index is 11.7. The normalized spacial score (nSPS) is 26.7. The molecular formula is C11H20N2O2. The van der Waals surface area contributed by atoms with Gasteiger partial charge in [0.25, 0.3) is 0 Å². The summed E-state index contributed by atoms with van der Waals surface area (Å²) in [6, 6.07) is 0.109. The Balaban J connectivity index is 1.65. The molecule has 86 valence electrons. The van der Waals surface area contributed by atoms with Gasteiger partial charge in [0.05, 0.1) is 6.61 Å². The Morgan fingerprint density at radius 1 is 1.33 bits per heavy atom. The second-order valence-electron chi connectivity index (χ2n) is 4.46. The molecule has 2 rings (SSSR count). The molecule has 2 saturated heterocycles. The number of carbonyl (C=O) groups is 1. The van der Waals surface area contributed by atoms with Gasteiger partial charge in [0.15, 0.2) is 0 Å². The van der Waals surface area contributed by atoms with E-state index in [9.17, 15) is 4.79 Å². The fourth-order valence-electron chi connectivity index (χ4n) is 2.23. The van der Waals surface area contributed by atoms with Crippen molar-refractivity contribution in [3.8, 4) is 0 Å². The number of nitrogens with one attached hydrogen (secondary N) is 1. The SMILES string of the molecule is O=C(NCC1CCCOC1)N1CCCC1. The first-order valence-electron chi connectivity index (χ1n) is 5.97. The van der Waals surface area contributed by atoms with Gasteiger partial charge in [-0.2, -0.15) is 0 Å². The highest BCUT2D eigenvalue weighted by Gasteiger charge is 2.19. The first-order valence-corrected chi connectivity index (χ1v) is 5.97. The largest absolute Gasteiger partial charge is 0.381 e. The molecule has 0 aromatic heterocycles. The molecule has 0 aromatic rings. The van der Waals surface area contributed by atoms with E-state index in [2.05, 4.69) is 5.32 Å². The average molecular weight is 212 g/mol. The lowest BCUT2D eigenvalue weighted by atomic mass is 10.0. The summed E-state index contributed by atoms with van der Waals surface area (Å²) < 4.78 is 5.37. The van der Waals surface area contributed by atoms with Crippen LogP contribution in [0.5, 0.6) is 0 Å². The summed E-state index contributed by atoms with van der Waals surface area (Å²) in [5.74, 6) is 0.519. The van der Waals surface area contributed by atoms with Gasteiger partial charge in [-0.3, -0.25) is 0 Å². The molecule has 2 aliphatic heterocycles. The number of nitrogens with zero attached hydrogens (tertiary/aromatic N) is 1. The van der Waals surface area contributed by atoms with Crippen LogP contribution in [0.25, 0.3) is 0 Å². The van der Waals surface area contributed by atoms with Gasteiger partial charge in [0.1, 0.15) is 0 Å². The topological polar surface area (TPSA) is 41.6 Å². The second-order valence-corrected chi connectivity index (χ2v) is 4.46. The summed E-state index contributed by atoms with van der Waals surface area (Å²) >= 11 is 0. The Morgan fingerprint density at radius 2 is 2.13 bits per heavy atom. The number of urea groups is 1. The van der Waals surface area contributed by atoms with E-state index in [4.69, 9.17) is 4.74 Å². The summed E-state index contributed by atoms with van der Waals surface area (Å²) in [7, 11) is 0. The average Bonchev–Trinajstić information content (AvgIpc) is 2.81. The lowest BCUT2D eigenvalue weighted by Crippen LogP contribution is -2.41. The minimum atomic E-state index is 0.109. The number of hydrogen-bond acceptors (Lipinski definition) is 2. The van der Waals surface area contributed by atoms with Gasteiger partial charge in [0.2, 0.25) is 0 Å². The van der Waals surface area contributed by atoms with Crippen molar-refractivity contribution in [3.05, 3.63) is 0 Å². The van der Waals surface area contributed by atoms with E-state index in [0.29, 0.717) is 5.92 Å². The third kappa shape index (κ3) is 3.09. The van der Waals surface area contributed by atoms with Gasteiger partial charge in [-0.1, -0.05) is 0 Å². The van der Waals surface area contributed by atoms with Crippen LogP contribution in [-0.2, 0) is 4.74 Å². The standard InChI is InChI=1S/C11H20N2O2/c14-11(13-5-1-2-6-13)12-8-10-4-3-7-15-9-10/h10H,1-9H2,(H,12,14). The molecule has 1 unspecified atom stereocenters. The van der Waals surface area contributed by atoms with Gasteiger partial charge < -0.3 is 15.0 Å². The monoisotopic (exact) mass is 212 g/mol. The van der Waals surface area contributed by atoms with Crippen molar-refractivity contribution in [1.29, 1.82) is 0 Å². The van der Waals surface area contributed by atoms with E-state index in [-0.39, 0.29) is 6.03 Å². The van der Waals surface area contributed by atoms with E-state index >= 15 is 0 Å². The molecule has 0 radical (unpaired) electrons. The van der Waals surface area contributed by atoms with Crippen molar-refractivity contribution in [1.82, 2.24) is 10.2 Å². The lowest BCUT2D eigenvalue weighted by Gasteiger charge is -2.24. The van der Waals surface area contributed by atoms with Gasteiger partial charge in [-0.05, 0) is 31.6 Å². The first kappa shape index (κ1) is 10.7. The predicted octanol–water partition coefficient (Wildman–Crippen LogP) is 1.22. The van der Waals surface area contributed by atoms with Gasteiger partial charge in [-0.25, -0.2) is 4.79 Å². The molecular weight excluding hydrogens is 192 g/mol. The Kier molecular flexibility index (Phi) is 3.83. The van der Waals surface area contributed by atoms with E-state index in [1.807, 2.05) is 4.90 Å². The van der Waals surface area contributed by atoms with Crippen LogP contribution in [0.3, 0.4) is 0 Å². The molecule has 0 aliphatic carbocycles. The molecule has 4 nitrogen and oxygen atoms in total. The van der Waals surface area contributed by atoms with Gasteiger partial charge in [-0.15, -0.1) is 0 Å². The maximum Gasteiger partial charge on any atom is 0.317 e. The van der Waals surface area contributed by atoms with Crippen LogP contribution in [0, 0.1) is 5.92 Å². The summed E-state index contributed by atoms with van der Waals surface area (Å²) in [6.45, 7) is 4.31. The van der Waals surface area contributed by atoms with Crippen molar-refractivity contribution < 1.29 is 9.53 Å². The quantitative estimate of drug-likeness (QED) is 0.747. The van der Waals surface area contributed by atoms with E-state index in [1.54, 1.807) is 0 Å². The molecule has 2 fully saturated rings. The van der Waals surface area contributed by atoms with Crippen LogP contribution in [0.1, 0.15) is 25.7 Å². The summed E-state index contributed by atoms with van der Waals surface area (Å²) in [6.07, 6.45) is 4.62. The minimum absolute atomic E-state index is 0.109. The number of ether oxygens (including phenoxy) is 1. The van der Waals surface area contributed by atoms with Crippen molar-refractivity contribution in [2.24, 2.45) is 5.92 Å². The zero-order chi connectivity index (χ0) is 10.5. The van der Waals surface area contributed by atoms with Gasteiger partial charge >= 0.3 is 6.03 Å². The molecule has 1 N–H and O–H groups in total. The number of carbonyl (C=O) groups excluding carboxylic acids is 1. The summed E-state index contributed by atoms with van der Waals surface area (Å²) in [5, 5.41) is 3.00. The third-order valence-electron chi connectivity index (χ3n) is 3.19. The fourth-order valence-corrected chi connectivity index (χ4v) is 2.23. The highest BCUT2D eigenvalue weighted by Crippen LogP contribution is 2.13. The van der Waals surface area contributed by atoms with Crippen LogP contribution in [0.4, 0.5) is 4.79 Å². The first-order chi connectivity index (χ1) is 7.36. The highest BCUT2D eigenvalue weighted by molar-refractivity contribution is 5.74. The van der Waals surface area contributed by atoms with Crippen LogP contribution in [-0.4, -0.2) is 43.8 Å². The number of hydrogen-bond donors (Lipinski definition) is 1. The highest BCUT2D eigenvalue weighted by atomic mass is 16.5. The maximum absolute atomic E-state index is 11.7. The lowest BCUT2D eigenvalue weighted by molar-refractivity contribution is 0.0553. The third-order valence-corrected chi connectivity index (χ3v) is 3.19. The van der Waals surface area contributed by atoms with Crippen molar-refractivity contribution in [3.63, 3.8) is 0 Å². The molecule has 2 heterocycles. The van der Waals surface area contributed by atoms with Crippen LogP contribution >= 0.6 is 0 Å². The molecule has 0 spiro atoms. The Labute approximate surface area is 91.0 Å². The van der Waals surface area contributed by atoms with E-state index in [0.717, 1.165) is 52.1 Å². The van der Waals surface area contributed by atoms with Crippen LogP contribution in [0.2, 0.25) is 0 Å². The van der Waals surface area contributed by atoms with E-state index in [1.165, 1.54) is 6.42 Å². The van der Waals surface area contributed by atoms with Crippen molar-refractivity contribution in [2.75, 3.05) is 32.8 Å². The smallest absolute Gasteiger partial charge is 0.317 e. The molecule has 0 bridgehead atoms. The molecule has 4 heteroatoms. The zero-order valence-electron chi connectivity index (χ0n) is 9.21. The molecule has 2 amide bonds. The fraction of sp³-hybridized carbons (Fsp3) is 0.909.